The maximum absolute atomic E-state index is 12.4. The molecule has 7 heteroatoms. The monoisotopic (exact) mass is 329 g/mol. The predicted octanol–water partition coefficient (Wildman–Crippen LogP) is 1.68. The van der Waals surface area contributed by atoms with Crippen LogP contribution in [0.3, 0.4) is 0 Å². The van der Waals surface area contributed by atoms with Crippen LogP contribution in [0.15, 0.2) is 24.4 Å². The Hall–Kier alpha value is -2.28. The molecule has 7 nitrogen and oxygen atoms in total. The van der Waals surface area contributed by atoms with Crippen LogP contribution in [0.4, 0.5) is 0 Å². The Labute approximate surface area is 141 Å². The molecule has 2 aromatic heterocycles. The molecule has 0 radical (unpaired) electrons. The van der Waals surface area contributed by atoms with Crippen molar-refractivity contribution < 1.29 is 9.53 Å². The van der Waals surface area contributed by atoms with E-state index in [4.69, 9.17) is 4.74 Å². The van der Waals surface area contributed by atoms with Crippen LogP contribution in [-0.2, 0) is 22.4 Å². The number of rotatable bonds is 6. The van der Waals surface area contributed by atoms with Gasteiger partial charge in [0.25, 0.3) is 0 Å². The number of carbonyl (C=O) groups excluding carboxylic acids is 1. The molecule has 2 aromatic rings. The van der Waals surface area contributed by atoms with Crippen LogP contribution in [-0.4, -0.2) is 50.7 Å². The van der Waals surface area contributed by atoms with Gasteiger partial charge in [-0.15, -0.1) is 0 Å². The van der Waals surface area contributed by atoms with E-state index in [1.165, 1.54) is 0 Å². The molecule has 1 aliphatic heterocycles. The Morgan fingerprint density at radius 3 is 3.12 bits per heavy atom. The largest absolute Gasteiger partial charge is 0.366 e. The first-order valence-corrected chi connectivity index (χ1v) is 8.46. The molecule has 1 saturated heterocycles. The minimum Gasteiger partial charge on any atom is -0.366 e. The lowest BCUT2D eigenvalue weighted by atomic mass is 10.1. The lowest BCUT2D eigenvalue weighted by Crippen LogP contribution is -2.42. The Morgan fingerprint density at radius 2 is 2.38 bits per heavy atom. The van der Waals surface area contributed by atoms with Crippen LogP contribution in [0.5, 0.6) is 0 Å². The second-order valence-corrected chi connectivity index (χ2v) is 5.87. The smallest absolute Gasteiger partial charge is 0.222 e. The molecule has 1 amide bonds. The highest BCUT2D eigenvalue weighted by Crippen LogP contribution is 2.20. The summed E-state index contributed by atoms with van der Waals surface area (Å²) in [5.41, 5.74) is 1.03. The van der Waals surface area contributed by atoms with Gasteiger partial charge in [0.05, 0.1) is 13.2 Å². The van der Waals surface area contributed by atoms with Crippen LogP contribution in [0, 0.1) is 0 Å². The number of nitrogens with one attached hydrogen (secondary N) is 1. The van der Waals surface area contributed by atoms with Gasteiger partial charge in [0.15, 0.2) is 5.82 Å². The van der Waals surface area contributed by atoms with E-state index >= 15 is 0 Å². The first-order valence-electron chi connectivity index (χ1n) is 8.46. The van der Waals surface area contributed by atoms with Gasteiger partial charge in [0.1, 0.15) is 11.9 Å². The maximum Gasteiger partial charge on any atom is 0.222 e. The molecule has 0 aromatic carbocycles. The van der Waals surface area contributed by atoms with Crippen LogP contribution < -0.4 is 0 Å². The first kappa shape index (κ1) is 16.6. The van der Waals surface area contributed by atoms with Crippen molar-refractivity contribution in [3.05, 3.63) is 41.7 Å². The Morgan fingerprint density at radius 1 is 1.46 bits per heavy atom. The summed E-state index contributed by atoms with van der Waals surface area (Å²) < 4.78 is 5.73. The summed E-state index contributed by atoms with van der Waals surface area (Å²) in [6.45, 7) is 3.68. The summed E-state index contributed by atoms with van der Waals surface area (Å²) in [4.78, 5) is 23.0. The van der Waals surface area contributed by atoms with Crippen molar-refractivity contribution in [1.82, 2.24) is 25.1 Å². The van der Waals surface area contributed by atoms with E-state index in [1.54, 1.807) is 6.20 Å². The topological polar surface area (TPSA) is 84.0 Å². The number of hydrogen-bond donors (Lipinski definition) is 1. The summed E-state index contributed by atoms with van der Waals surface area (Å²) in [5.74, 6) is 1.63. The fraction of sp³-hybridized carbons (Fsp3) is 0.529. The van der Waals surface area contributed by atoms with Gasteiger partial charge in [-0.05, 0) is 25.0 Å². The zero-order valence-corrected chi connectivity index (χ0v) is 13.9. The van der Waals surface area contributed by atoms with Gasteiger partial charge in [0.2, 0.25) is 5.91 Å². The number of carbonyl (C=O) groups is 1. The van der Waals surface area contributed by atoms with E-state index in [9.17, 15) is 4.79 Å². The molecule has 1 atom stereocenters. The highest BCUT2D eigenvalue weighted by molar-refractivity contribution is 5.76. The van der Waals surface area contributed by atoms with Crippen molar-refractivity contribution in [2.45, 2.75) is 38.7 Å². The van der Waals surface area contributed by atoms with Gasteiger partial charge < -0.3 is 9.64 Å². The Balaban J connectivity index is 1.49. The molecular formula is C17H23N5O2. The van der Waals surface area contributed by atoms with E-state index in [0.29, 0.717) is 31.9 Å². The number of aryl methyl sites for hydroxylation is 2. The number of morpholine rings is 1. The number of hydrogen-bond acceptors (Lipinski definition) is 5. The lowest BCUT2D eigenvalue weighted by molar-refractivity contribution is -0.139. The van der Waals surface area contributed by atoms with E-state index < -0.39 is 0 Å². The number of pyridine rings is 1. The van der Waals surface area contributed by atoms with Crippen LogP contribution in [0.2, 0.25) is 0 Å². The molecule has 1 aliphatic rings. The summed E-state index contributed by atoms with van der Waals surface area (Å²) in [7, 11) is 0. The summed E-state index contributed by atoms with van der Waals surface area (Å²) in [6.07, 6.45) is 4.49. The number of ether oxygens (including phenoxy) is 1. The number of aromatic nitrogens is 4. The SMILES string of the molecule is CCc1nc(C2CN(C(=O)CCCc3ccccn3)CCO2)n[nH]1. The van der Waals surface area contributed by atoms with Crippen LogP contribution in [0.25, 0.3) is 0 Å². The van der Waals surface area contributed by atoms with E-state index in [0.717, 1.165) is 30.8 Å². The minimum absolute atomic E-state index is 0.158. The molecule has 128 valence electrons. The van der Waals surface area contributed by atoms with Gasteiger partial charge in [-0.2, -0.15) is 5.10 Å². The zero-order valence-electron chi connectivity index (χ0n) is 13.9. The number of amides is 1. The molecule has 24 heavy (non-hydrogen) atoms. The summed E-state index contributed by atoms with van der Waals surface area (Å²) >= 11 is 0. The molecule has 3 rings (SSSR count). The van der Waals surface area contributed by atoms with Gasteiger partial charge in [-0.3, -0.25) is 14.9 Å². The number of nitrogens with zero attached hydrogens (tertiary/aromatic N) is 4. The third-order valence-corrected chi connectivity index (χ3v) is 4.14. The average Bonchev–Trinajstić information content (AvgIpc) is 3.12. The van der Waals surface area contributed by atoms with Gasteiger partial charge >= 0.3 is 0 Å². The maximum atomic E-state index is 12.4. The summed E-state index contributed by atoms with van der Waals surface area (Å²) in [6, 6.07) is 5.86. The Kier molecular flexibility index (Phi) is 5.53. The van der Waals surface area contributed by atoms with Crippen molar-refractivity contribution in [2.24, 2.45) is 0 Å². The number of H-pyrrole nitrogens is 1. The third-order valence-electron chi connectivity index (χ3n) is 4.14. The molecule has 1 unspecified atom stereocenters. The third kappa shape index (κ3) is 4.17. The highest BCUT2D eigenvalue weighted by atomic mass is 16.5. The molecule has 0 bridgehead atoms. The Bertz CT molecular complexity index is 658. The van der Waals surface area contributed by atoms with Crippen LogP contribution in [0.1, 0.15) is 43.2 Å². The van der Waals surface area contributed by atoms with E-state index in [1.807, 2.05) is 30.0 Å². The second-order valence-electron chi connectivity index (χ2n) is 5.87. The molecule has 3 heterocycles. The summed E-state index contributed by atoms with van der Waals surface area (Å²) in [5, 5.41) is 7.10. The predicted molar refractivity (Wildman–Crippen MR) is 88.2 cm³/mol. The molecule has 0 spiro atoms. The number of aromatic amines is 1. The van der Waals surface area contributed by atoms with Crippen LogP contribution >= 0.6 is 0 Å². The van der Waals surface area contributed by atoms with E-state index in [-0.39, 0.29) is 12.0 Å². The fourth-order valence-electron chi connectivity index (χ4n) is 2.77. The zero-order chi connectivity index (χ0) is 16.8. The van der Waals surface area contributed by atoms with Crippen molar-refractivity contribution in [3.63, 3.8) is 0 Å². The molecular weight excluding hydrogens is 306 g/mol. The molecule has 1 N–H and O–H groups in total. The molecule has 0 saturated carbocycles. The second kappa shape index (κ2) is 8.01. The van der Waals surface area contributed by atoms with E-state index in [2.05, 4.69) is 20.2 Å². The first-order chi connectivity index (χ1) is 11.8. The average molecular weight is 329 g/mol. The van der Waals surface area contributed by atoms with Gasteiger partial charge in [0, 0.05) is 31.3 Å². The van der Waals surface area contributed by atoms with Crippen molar-refractivity contribution in [1.29, 1.82) is 0 Å². The quantitative estimate of drug-likeness (QED) is 0.872. The highest BCUT2D eigenvalue weighted by Gasteiger charge is 2.27. The minimum atomic E-state index is -0.241. The van der Waals surface area contributed by atoms with Crippen molar-refractivity contribution in [3.8, 4) is 0 Å². The van der Waals surface area contributed by atoms with Gasteiger partial charge in [-0.25, -0.2) is 4.98 Å². The molecule has 0 aliphatic carbocycles. The molecule has 1 fully saturated rings. The standard InChI is InChI=1S/C17H23N5O2/c1-2-15-19-17(21-20-15)14-12-22(10-11-24-14)16(23)8-5-7-13-6-3-4-9-18-13/h3-4,6,9,14H,2,5,7-8,10-12H2,1H3,(H,19,20,21). The van der Waals surface area contributed by atoms with Crippen molar-refractivity contribution in [2.75, 3.05) is 19.7 Å². The van der Waals surface area contributed by atoms with Crippen molar-refractivity contribution >= 4 is 5.91 Å². The fourth-order valence-corrected chi connectivity index (χ4v) is 2.77. The normalized spacial score (nSPS) is 17.9. The lowest BCUT2D eigenvalue weighted by Gasteiger charge is -2.31. The van der Waals surface area contributed by atoms with Gasteiger partial charge in [-0.1, -0.05) is 13.0 Å².